The lowest BCUT2D eigenvalue weighted by Crippen LogP contribution is -2.41. The van der Waals surface area contributed by atoms with Crippen LogP contribution >= 0.6 is 0 Å². The molecule has 0 radical (unpaired) electrons. The average Bonchev–Trinajstić information content (AvgIpc) is 3.32. The van der Waals surface area contributed by atoms with Crippen LogP contribution in [0.1, 0.15) is 52.0 Å². The summed E-state index contributed by atoms with van der Waals surface area (Å²) in [7, 11) is 0. The summed E-state index contributed by atoms with van der Waals surface area (Å²) in [5.74, 6) is 0.972. The summed E-state index contributed by atoms with van der Waals surface area (Å²) in [6.07, 6.45) is 10.00. The summed E-state index contributed by atoms with van der Waals surface area (Å²) >= 11 is 0. The van der Waals surface area contributed by atoms with Gasteiger partial charge in [-0.3, -0.25) is 0 Å². The largest absolute Gasteiger partial charge is 0.489 e. The van der Waals surface area contributed by atoms with Gasteiger partial charge in [0, 0.05) is 17.8 Å². The highest BCUT2D eigenvalue weighted by Crippen LogP contribution is 2.30. The van der Waals surface area contributed by atoms with Crippen molar-refractivity contribution < 1.29 is 14.3 Å². The van der Waals surface area contributed by atoms with E-state index in [1.54, 1.807) is 23.1 Å². The molecular formula is C26H30N6O3. The van der Waals surface area contributed by atoms with Crippen LogP contribution in [0.2, 0.25) is 0 Å². The number of hydrogen-bond donors (Lipinski definition) is 1. The highest BCUT2D eigenvalue weighted by molar-refractivity contribution is 5.68. The molecule has 0 aliphatic heterocycles. The van der Waals surface area contributed by atoms with E-state index in [1.807, 2.05) is 45.2 Å². The van der Waals surface area contributed by atoms with Crippen molar-refractivity contribution >= 4 is 6.09 Å². The molecule has 0 saturated heterocycles. The van der Waals surface area contributed by atoms with Gasteiger partial charge < -0.3 is 14.8 Å². The van der Waals surface area contributed by atoms with Gasteiger partial charge in [-0.2, -0.15) is 10.4 Å². The van der Waals surface area contributed by atoms with Crippen LogP contribution in [0.5, 0.6) is 5.75 Å². The zero-order chi connectivity index (χ0) is 24.8. The van der Waals surface area contributed by atoms with E-state index in [-0.39, 0.29) is 12.1 Å². The first-order chi connectivity index (χ1) is 16.8. The Hall–Kier alpha value is -3.93. The third-order valence-corrected chi connectivity index (χ3v) is 5.85. The molecule has 0 bridgehead atoms. The number of hydrogen-bond acceptors (Lipinski definition) is 7. The summed E-state index contributed by atoms with van der Waals surface area (Å²) in [5.41, 5.74) is 2.18. The van der Waals surface area contributed by atoms with Gasteiger partial charge in [-0.25, -0.2) is 19.4 Å². The first kappa shape index (κ1) is 24.2. The summed E-state index contributed by atoms with van der Waals surface area (Å²) in [5, 5.41) is 16.8. The van der Waals surface area contributed by atoms with E-state index < -0.39 is 5.60 Å². The zero-order valence-electron chi connectivity index (χ0n) is 20.3. The topological polar surface area (TPSA) is 115 Å². The smallest absolute Gasteiger partial charge is 0.407 e. The maximum Gasteiger partial charge on any atom is 0.407 e. The van der Waals surface area contributed by atoms with Crippen molar-refractivity contribution in [1.82, 2.24) is 25.1 Å². The number of rotatable bonds is 6. The Morgan fingerprint density at radius 1 is 1.20 bits per heavy atom. The number of ether oxygens (including phenoxy) is 2. The number of nitrogens with zero attached hydrogens (tertiary/aromatic N) is 5. The Labute approximate surface area is 205 Å². The molecule has 9 heteroatoms. The van der Waals surface area contributed by atoms with Crippen LogP contribution in [-0.4, -0.2) is 44.1 Å². The third kappa shape index (κ3) is 6.35. The van der Waals surface area contributed by atoms with Gasteiger partial charge in [-0.05, 0) is 64.5 Å². The Morgan fingerprint density at radius 3 is 2.71 bits per heavy atom. The van der Waals surface area contributed by atoms with Crippen molar-refractivity contribution in [3.63, 3.8) is 0 Å². The fraction of sp³-hybridized carbons (Fsp3) is 0.423. The molecule has 182 valence electrons. The minimum Gasteiger partial charge on any atom is -0.489 e. The van der Waals surface area contributed by atoms with Crippen molar-refractivity contribution in [2.24, 2.45) is 5.92 Å². The van der Waals surface area contributed by atoms with Gasteiger partial charge in [0.2, 0.25) is 0 Å². The first-order valence-electron chi connectivity index (χ1n) is 11.8. The molecular weight excluding hydrogens is 444 g/mol. The minimum absolute atomic E-state index is 0.124. The van der Waals surface area contributed by atoms with Gasteiger partial charge in [-0.15, -0.1) is 0 Å². The molecule has 0 atom stereocenters. The molecule has 4 rings (SSSR count). The van der Waals surface area contributed by atoms with E-state index in [4.69, 9.17) is 9.47 Å². The molecule has 1 amide bonds. The van der Waals surface area contributed by atoms with Crippen molar-refractivity contribution in [1.29, 1.82) is 5.26 Å². The number of aromatic nitrogens is 4. The van der Waals surface area contributed by atoms with Crippen LogP contribution in [-0.2, 0) is 4.74 Å². The lowest BCUT2D eigenvalue weighted by Gasteiger charge is -2.30. The molecule has 1 aromatic carbocycles. The van der Waals surface area contributed by atoms with Crippen LogP contribution in [0.15, 0.2) is 49.2 Å². The Balaban J connectivity index is 1.35. The van der Waals surface area contributed by atoms with Gasteiger partial charge in [0.1, 0.15) is 23.7 Å². The molecule has 2 aromatic heterocycles. The number of carbonyl (C=O) groups is 1. The molecule has 35 heavy (non-hydrogen) atoms. The van der Waals surface area contributed by atoms with E-state index in [0.29, 0.717) is 35.2 Å². The number of nitriles is 1. The van der Waals surface area contributed by atoms with Crippen LogP contribution in [0.3, 0.4) is 0 Å². The molecule has 1 fully saturated rings. The van der Waals surface area contributed by atoms with Gasteiger partial charge in [-0.1, -0.05) is 12.1 Å². The van der Waals surface area contributed by atoms with E-state index >= 15 is 0 Å². The van der Waals surface area contributed by atoms with Crippen molar-refractivity contribution in [2.75, 3.05) is 6.61 Å². The summed E-state index contributed by atoms with van der Waals surface area (Å²) in [6, 6.07) is 9.62. The van der Waals surface area contributed by atoms with E-state index in [9.17, 15) is 10.1 Å². The van der Waals surface area contributed by atoms with Crippen LogP contribution < -0.4 is 10.1 Å². The fourth-order valence-electron chi connectivity index (χ4n) is 4.14. The molecule has 1 saturated carbocycles. The van der Waals surface area contributed by atoms with Crippen LogP contribution in [0, 0.1) is 17.2 Å². The molecule has 0 spiro atoms. The maximum absolute atomic E-state index is 12.0. The molecule has 0 unspecified atom stereocenters. The van der Waals surface area contributed by atoms with E-state index in [2.05, 4.69) is 26.5 Å². The van der Waals surface area contributed by atoms with Crippen molar-refractivity contribution in [2.45, 2.75) is 58.1 Å². The Morgan fingerprint density at radius 2 is 1.97 bits per heavy atom. The second kappa shape index (κ2) is 10.6. The van der Waals surface area contributed by atoms with Crippen LogP contribution in [0.25, 0.3) is 16.9 Å². The molecule has 9 nitrogen and oxygen atoms in total. The van der Waals surface area contributed by atoms with E-state index in [1.165, 1.54) is 6.33 Å². The predicted molar refractivity (Wildman–Crippen MR) is 130 cm³/mol. The monoisotopic (exact) mass is 474 g/mol. The highest BCUT2D eigenvalue weighted by atomic mass is 16.6. The number of para-hydroxylation sites is 1. The predicted octanol–water partition coefficient (Wildman–Crippen LogP) is 4.66. The number of nitrogens with one attached hydrogen (secondary N) is 1. The standard InChI is InChI=1S/C26H30N6O3/c1-26(2,3)35-25(33)31-21-10-8-18(9-11-21)16-34-23-14-28-17-29-24(23)20-13-30-32(15-20)22-7-5-4-6-19(22)12-27/h4-7,13-15,17-18,21H,8-11,16H2,1-3H3,(H,31,33)/t18-,21+. The normalized spacial score (nSPS) is 17.9. The SMILES string of the molecule is CC(C)(C)OC(=O)N[C@H]1CC[C@@H](COc2cncnc2-c2cnn(-c3ccccc3C#N)c2)CC1. The second-order valence-electron chi connectivity index (χ2n) is 9.71. The average molecular weight is 475 g/mol. The highest BCUT2D eigenvalue weighted by Gasteiger charge is 2.25. The fourth-order valence-corrected chi connectivity index (χ4v) is 4.14. The third-order valence-electron chi connectivity index (χ3n) is 5.85. The van der Waals surface area contributed by atoms with Gasteiger partial charge in [0.15, 0.2) is 5.75 Å². The Kier molecular flexibility index (Phi) is 7.30. The second-order valence-corrected chi connectivity index (χ2v) is 9.71. The molecule has 1 aliphatic rings. The lowest BCUT2D eigenvalue weighted by molar-refractivity contribution is 0.0483. The van der Waals surface area contributed by atoms with Crippen molar-refractivity contribution in [3.8, 4) is 28.8 Å². The number of alkyl carbamates (subject to hydrolysis) is 1. The molecule has 3 aromatic rings. The minimum atomic E-state index is -0.500. The molecule has 1 aliphatic carbocycles. The van der Waals surface area contributed by atoms with Gasteiger partial charge >= 0.3 is 6.09 Å². The summed E-state index contributed by atoms with van der Waals surface area (Å²) in [4.78, 5) is 20.6. The lowest BCUT2D eigenvalue weighted by atomic mass is 9.86. The number of benzene rings is 1. The quantitative estimate of drug-likeness (QED) is 0.552. The van der Waals surface area contributed by atoms with Crippen molar-refractivity contribution in [3.05, 3.63) is 54.7 Å². The first-order valence-corrected chi connectivity index (χ1v) is 11.8. The molecule has 2 heterocycles. The summed E-state index contributed by atoms with van der Waals surface area (Å²) < 4.78 is 13.2. The number of amides is 1. The van der Waals surface area contributed by atoms with Gasteiger partial charge in [0.25, 0.3) is 0 Å². The van der Waals surface area contributed by atoms with E-state index in [0.717, 1.165) is 31.2 Å². The maximum atomic E-state index is 12.0. The zero-order valence-corrected chi connectivity index (χ0v) is 20.3. The Bertz CT molecular complexity index is 1200. The van der Waals surface area contributed by atoms with Gasteiger partial charge in [0.05, 0.1) is 30.3 Å². The summed E-state index contributed by atoms with van der Waals surface area (Å²) in [6.45, 7) is 6.13. The molecule has 1 N–H and O–H groups in total. The number of carbonyl (C=O) groups excluding carboxylic acids is 1. The van der Waals surface area contributed by atoms with Crippen LogP contribution in [0.4, 0.5) is 4.79 Å².